The van der Waals surface area contributed by atoms with Gasteiger partial charge < -0.3 is 10.5 Å². The Morgan fingerprint density at radius 3 is 1.51 bits per heavy atom. The first-order chi connectivity index (χ1) is 27.0. The summed E-state index contributed by atoms with van der Waals surface area (Å²) in [4.78, 5) is 20.8. The van der Waals surface area contributed by atoms with Crippen LogP contribution >= 0.6 is 0 Å². The van der Waals surface area contributed by atoms with Crippen molar-refractivity contribution in [3.05, 3.63) is 48.5 Å². The SMILES string of the molecule is CCN=C(NS(=O)(=O)c1ccc(N)cc1)N1CC2(C=N1)CCCCC2.CCN=C(NS(=O)(=O)c1ccc(NC(=O)OC(C)(C)C)cc1)N1CC2(C=N1)CCCCC2. The van der Waals surface area contributed by atoms with Crippen molar-refractivity contribution in [1.29, 1.82) is 0 Å². The summed E-state index contributed by atoms with van der Waals surface area (Å²) in [6, 6.07) is 12.0. The Balaban J connectivity index is 0.000000224. The zero-order chi connectivity index (χ0) is 41.3. The molecule has 5 N–H and O–H groups in total. The Kier molecular flexibility index (Phi) is 13.9. The summed E-state index contributed by atoms with van der Waals surface area (Å²) < 4.78 is 61.6. The standard InChI is InChI=1S/C22H33N5O4S.C17H25N5O2S/c1-5-23-19(27-16-22(15-24-27)13-7-6-8-14-22)26-32(29,30)18-11-9-17(10-12-18)25-20(28)31-21(2,3)4;1-2-19-16(21-25(23,24)15-8-6-14(18)7-9-15)22-13-17(12-20-22)10-4-3-5-11-17/h9-12,15H,5-8,13-14,16H2,1-4H3,(H,23,26)(H,25,28);6-9,12H,2-5,10-11,13,18H2,1H3,(H,19,21). The number of hydrazone groups is 2. The number of nitrogens with zero attached hydrogens (tertiary/aromatic N) is 6. The molecule has 0 radical (unpaired) electrons. The molecule has 4 aliphatic rings. The van der Waals surface area contributed by atoms with E-state index in [1.54, 1.807) is 42.9 Å². The highest BCUT2D eigenvalue weighted by molar-refractivity contribution is 7.90. The number of aliphatic imine (C=N–C) groups is 2. The molecule has 6 rings (SSSR count). The maximum Gasteiger partial charge on any atom is 0.412 e. The number of amides is 1. The maximum atomic E-state index is 13.0. The van der Waals surface area contributed by atoms with E-state index in [0.29, 0.717) is 37.6 Å². The van der Waals surface area contributed by atoms with E-state index in [0.717, 1.165) is 38.5 Å². The smallest absolute Gasteiger partial charge is 0.412 e. The molecule has 57 heavy (non-hydrogen) atoms. The fraction of sp³-hybridized carbons (Fsp3) is 0.564. The number of nitrogens with one attached hydrogen (secondary N) is 3. The topological polar surface area (TPSA) is 213 Å². The van der Waals surface area contributed by atoms with Gasteiger partial charge in [0.05, 0.1) is 22.9 Å². The molecule has 2 aliphatic heterocycles. The zero-order valence-corrected chi connectivity index (χ0v) is 35.3. The number of rotatable bonds is 7. The van der Waals surface area contributed by atoms with Gasteiger partial charge in [0.15, 0.2) is 0 Å². The van der Waals surface area contributed by atoms with Gasteiger partial charge in [0, 0.05) is 47.7 Å². The van der Waals surface area contributed by atoms with Crippen LogP contribution in [0.2, 0.25) is 0 Å². The van der Waals surface area contributed by atoms with Crippen molar-refractivity contribution in [3.63, 3.8) is 0 Å². The predicted molar refractivity (Wildman–Crippen MR) is 225 cm³/mol. The van der Waals surface area contributed by atoms with Gasteiger partial charge in [-0.15, -0.1) is 0 Å². The van der Waals surface area contributed by atoms with Gasteiger partial charge in [-0.3, -0.25) is 15.3 Å². The van der Waals surface area contributed by atoms with Gasteiger partial charge >= 0.3 is 6.09 Å². The lowest BCUT2D eigenvalue weighted by Gasteiger charge is -2.31. The van der Waals surface area contributed by atoms with Crippen molar-refractivity contribution in [3.8, 4) is 0 Å². The zero-order valence-electron chi connectivity index (χ0n) is 33.7. The van der Waals surface area contributed by atoms with Crippen LogP contribution in [0.5, 0.6) is 0 Å². The van der Waals surface area contributed by atoms with Gasteiger partial charge in [-0.1, -0.05) is 38.5 Å². The molecule has 312 valence electrons. The van der Waals surface area contributed by atoms with Crippen molar-refractivity contribution >= 4 is 61.9 Å². The van der Waals surface area contributed by atoms with Gasteiger partial charge in [-0.2, -0.15) is 10.2 Å². The molecule has 2 spiro atoms. The van der Waals surface area contributed by atoms with Crippen LogP contribution in [-0.4, -0.2) is 89.1 Å². The number of sulfonamides is 2. The summed E-state index contributed by atoms with van der Waals surface area (Å²) in [5.74, 6) is 0.500. The van der Waals surface area contributed by atoms with Crippen molar-refractivity contribution in [2.45, 2.75) is 114 Å². The maximum absolute atomic E-state index is 13.0. The molecular formula is C39H58N10O6S2. The second-order valence-corrected chi connectivity index (χ2v) is 19.3. The van der Waals surface area contributed by atoms with E-state index in [1.807, 2.05) is 26.3 Å². The van der Waals surface area contributed by atoms with Crippen LogP contribution in [0.3, 0.4) is 0 Å². The second-order valence-electron chi connectivity index (χ2n) is 16.0. The first kappa shape index (κ1) is 43.4. The molecule has 0 atom stereocenters. The number of nitrogen functional groups attached to an aromatic ring is 1. The average Bonchev–Trinajstić information content (AvgIpc) is 3.76. The quantitative estimate of drug-likeness (QED) is 0.144. The molecule has 1 amide bonds. The summed E-state index contributed by atoms with van der Waals surface area (Å²) in [6.45, 7) is 11.2. The number of ether oxygens (including phenoxy) is 1. The molecule has 2 aromatic rings. The van der Waals surface area contributed by atoms with Crippen LogP contribution < -0.4 is 20.5 Å². The van der Waals surface area contributed by atoms with Gasteiger partial charge in [0.2, 0.25) is 11.9 Å². The molecule has 0 saturated heterocycles. The van der Waals surface area contributed by atoms with E-state index >= 15 is 0 Å². The number of carbonyl (C=O) groups is 1. The van der Waals surface area contributed by atoms with E-state index in [9.17, 15) is 21.6 Å². The minimum atomic E-state index is -3.88. The molecule has 0 bridgehead atoms. The fourth-order valence-electron chi connectivity index (χ4n) is 7.27. The number of benzene rings is 2. The summed E-state index contributed by atoms with van der Waals surface area (Å²) >= 11 is 0. The average molecular weight is 827 g/mol. The Labute approximate surface area is 337 Å². The fourth-order valence-corrected chi connectivity index (χ4v) is 9.31. The number of nitrogens with two attached hydrogens (primary N) is 1. The van der Waals surface area contributed by atoms with Crippen LogP contribution in [0, 0.1) is 10.8 Å². The van der Waals surface area contributed by atoms with Crippen LogP contribution in [0.1, 0.15) is 98.8 Å². The lowest BCUT2D eigenvalue weighted by atomic mass is 9.75. The lowest BCUT2D eigenvalue weighted by molar-refractivity contribution is 0.0636. The highest BCUT2D eigenvalue weighted by Crippen LogP contribution is 2.39. The highest BCUT2D eigenvalue weighted by atomic mass is 32.2. The summed E-state index contributed by atoms with van der Waals surface area (Å²) in [5.41, 5.74) is 6.02. The second kappa shape index (κ2) is 18.3. The molecule has 18 heteroatoms. The van der Waals surface area contributed by atoms with Crippen molar-refractivity contribution in [1.82, 2.24) is 19.5 Å². The van der Waals surface area contributed by atoms with E-state index in [4.69, 9.17) is 10.5 Å². The highest BCUT2D eigenvalue weighted by Gasteiger charge is 2.40. The third kappa shape index (κ3) is 11.9. The number of anilines is 2. The van der Waals surface area contributed by atoms with E-state index in [1.165, 1.54) is 62.1 Å². The molecule has 2 fully saturated rings. The van der Waals surface area contributed by atoms with Crippen molar-refractivity contribution < 1.29 is 26.4 Å². The summed E-state index contributed by atoms with van der Waals surface area (Å²) in [5, 5.41) is 14.9. The number of carbonyl (C=O) groups excluding carboxylic acids is 1. The Bertz CT molecular complexity index is 2030. The normalized spacial score (nSPS) is 19.3. The molecule has 2 aromatic carbocycles. The predicted octanol–water partition coefficient (Wildman–Crippen LogP) is 6.11. The third-order valence-corrected chi connectivity index (χ3v) is 12.8. The van der Waals surface area contributed by atoms with Gasteiger partial charge in [-0.25, -0.2) is 41.1 Å². The van der Waals surface area contributed by atoms with E-state index in [-0.39, 0.29) is 32.5 Å². The monoisotopic (exact) mass is 826 g/mol. The van der Waals surface area contributed by atoms with Crippen LogP contribution in [0.15, 0.2) is 78.5 Å². The number of hydrogen-bond donors (Lipinski definition) is 4. The molecule has 2 aliphatic carbocycles. The summed E-state index contributed by atoms with van der Waals surface area (Å²) in [6.07, 6.45) is 14.8. The van der Waals surface area contributed by atoms with E-state index in [2.05, 4.69) is 34.9 Å². The molecular weight excluding hydrogens is 769 g/mol. The largest absolute Gasteiger partial charge is 0.444 e. The van der Waals surface area contributed by atoms with Gasteiger partial charge in [-0.05, 0) is 109 Å². The number of guanidine groups is 2. The summed E-state index contributed by atoms with van der Waals surface area (Å²) in [7, 11) is -7.61. The molecule has 2 saturated carbocycles. The first-order valence-corrected chi connectivity index (χ1v) is 22.7. The Morgan fingerprint density at radius 2 is 1.12 bits per heavy atom. The van der Waals surface area contributed by atoms with Crippen LogP contribution in [0.25, 0.3) is 0 Å². The van der Waals surface area contributed by atoms with Gasteiger partial charge in [0.25, 0.3) is 20.0 Å². The minimum absolute atomic E-state index is 0.00713. The minimum Gasteiger partial charge on any atom is -0.444 e. The van der Waals surface area contributed by atoms with E-state index < -0.39 is 31.7 Å². The molecule has 0 unspecified atom stereocenters. The molecule has 0 aromatic heterocycles. The molecule has 16 nitrogen and oxygen atoms in total. The Morgan fingerprint density at radius 1 is 0.719 bits per heavy atom. The third-order valence-electron chi connectivity index (χ3n) is 10.1. The van der Waals surface area contributed by atoms with Crippen molar-refractivity contribution in [2.24, 2.45) is 31.0 Å². The van der Waals surface area contributed by atoms with Crippen LogP contribution in [0.4, 0.5) is 16.2 Å². The van der Waals surface area contributed by atoms with Crippen LogP contribution in [-0.2, 0) is 24.8 Å². The van der Waals surface area contributed by atoms with Crippen molar-refractivity contribution in [2.75, 3.05) is 37.2 Å². The Hall–Kier alpha value is -4.71. The lowest BCUT2D eigenvalue weighted by Crippen LogP contribution is -2.43. The molecule has 2 heterocycles. The first-order valence-electron chi connectivity index (χ1n) is 19.7. The number of hydrogen-bond acceptors (Lipinski definition) is 11. The van der Waals surface area contributed by atoms with Gasteiger partial charge in [0.1, 0.15) is 5.60 Å².